The van der Waals surface area contributed by atoms with Crippen LogP contribution in [-0.2, 0) is 0 Å². The molecule has 3 atom stereocenters. The second-order valence-electron chi connectivity index (χ2n) is 7.24. The van der Waals surface area contributed by atoms with E-state index in [1.54, 1.807) is 0 Å². The molecule has 0 aliphatic heterocycles. The van der Waals surface area contributed by atoms with Crippen molar-refractivity contribution in [1.29, 1.82) is 0 Å². The third-order valence-electron chi connectivity index (χ3n) is 5.72. The van der Waals surface area contributed by atoms with Crippen molar-refractivity contribution in [2.75, 3.05) is 0 Å². The number of hydrogen-bond acceptors (Lipinski definition) is 0. The van der Waals surface area contributed by atoms with Gasteiger partial charge in [0.15, 0.2) is 0 Å². The quantitative estimate of drug-likeness (QED) is 0.366. The number of halogens is 1. The van der Waals surface area contributed by atoms with Crippen LogP contribution in [0.1, 0.15) is 74.8 Å². The Kier molecular flexibility index (Phi) is 6.00. The zero-order valence-electron chi connectivity index (χ0n) is 14.8. The minimum absolute atomic E-state index is 0.142. The molecule has 1 aliphatic carbocycles. The lowest BCUT2D eigenvalue weighted by atomic mass is 9.78. The van der Waals surface area contributed by atoms with Crippen molar-refractivity contribution in [3.8, 4) is 0 Å². The van der Waals surface area contributed by atoms with Gasteiger partial charge in [0.25, 0.3) is 0 Å². The van der Waals surface area contributed by atoms with E-state index in [1.807, 2.05) is 0 Å². The molecule has 1 fully saturated rings. The first-order chi connectivity index (χ1) is 11.8. The highest BCUT2D eigenvalue weighted by molar-refractivity contribution is 6.25. The molecule has 0 saturated heterocycles. The summed E-state index contributed by atoms with van der Waals surface area (Å²) in [5, 5.41) is 0. The third kappa shape index (κ3) is 3.70. The van der Waals surface area contributed by atoms with Crippen LogP contribution >= 0.6 is 11.6 Å². The average Bonchev–Trinajstić information content (AvgIpc) is 2.97. The minimum atomic E-state index is -0.142. The molecule has 0 nitrogen and oxygen atoms in total. The van der Waals surface area contributed by atoms with Crippen molar-refractivity contribution in [3.63, 3.8) is 0 Å². The standard InChI is InChI=1S/C23H29Cl/c1-2-3-4-11-18-23(24)21(19-12-7-5-8-13-19)16-17-22(23)20-14-9-6-10-15-20/h5-10,12-15,21-22H,2-4,11,16-18H2,1H3/t21-,22+,23?. The van der Waals surface area contributed by atoms with Crippen molar-refractivity contribution < 1.29 is 0 Å². The van der Waals surface area contributed by atoms with Gasteiger partial charge in [0.05, 0.1) is 4.87 Å². The summed E-state index contributed by atoms with van der Waals surface area (Å²) in [6.07, 6.45) is 8.64. The number of hydrogen-bond donors (Lipinski definition) is 0. The van der Waals surface area contributed by atoms with E-state index in [0.717, 1.165) is 6.42 Å². The lowest BCUT2D eigenvalue weighted by molar-refractivity contribution is 0.424. The summed E-state index contributed by atoms with van der Waals surface area (Å²) in [7, 11) is 0. The fourth-order valence-electron chi connectivity index (χ4n) is 4.49. The summed E-state index contributed by atoms with van der Waals surface area (Å²) in [5.74, 6) is 0.930. The largest absolute Gasteiger partial charge is 0.118 e. The summed E-state index contributed by atoms with van der Waals surface area (Å²) in [6, 6.07) is 21.9. The van der Waals surface area contributed by atoms with Crippen molar-refractivity contribution in [2.45, 2.75) is 68.6 Å². The molecule has 0 bridgehead atoms. The van der Waals surface area contributed by atoms with Gasteiger partial charge in [0, 0.05) is 11.8 Å². The lowest BCUT2D eigenvalue weighted by Gasteiger charge is -2.35. The first-order valence-corrected chi connectivity index (χ1v) is 9.92. The number of rotatable bonds is 7. The van der Waals surface area contributed by atoms with E-state index in [0.29, 0.717) is 11.8 Å². The monoisotopic (exact) mass is 340 g/mol. The van der Waals surface area contributed by atoms with Gasteiger partial charge in [-0.2, -0.15) is 0 Å². The Hall–Kier alpha value is -1.27. The van der Waals surface area contributed by atoms with Gasteiger partial charge < -0.3 is 0 Å². The highest BCUT2D eigenvalue weighted by atomic mass is 35.5. The molecular formula is C23H29Cl. The first kappa shape index (κ1) is 17.5. The van der Waals surface area contributed by atoms with Gasteiger partial charge in [-0.3, -0.25) is 0 Å². The van der Waals surface area contributed by atoms with Crippen LogP contribution in [0.2, 0.25) is 0 Å². The molecule has 128 valence electrons. The summed E-state index contributed by atoms with van der Waals surface area (Å²) in [6.45, 7) is 2.27. The van der Waals surface area contributed by atoms with E-state index in [1.165, 1.54) is 49.7 Å². The molecule has 0 radical (unpaired) electrons. The second-order valence-corrected chi connectivity index (χ2v) is 7.95. The van der Waals surface area contributed by atoms with Crippen molar-refractivity contribution in [2.24, 2.45) is 0 Å². The normalized spacial score (nSPS) is 26.6. The van der Waals surface area contributed by atoms with Crippen LogP contribution in [-0.4, -0.2) is 4.87 Å². The summed E-state index contributed by atoms with van der Waals surface area (Å²) < 4.78 is 0. The van der Waals surface area contributed by atoms with Crippen LogP contribution < -0.4 is 0 Å². The molecule has 1 heteroatoms. The van der Waals surface area contributed by atoms with Crippen LogP contribution in [0, 0.1) is 0 Å². The highest BCUT2D eigenvalue weighted by Crippen LogP contribution is 2.57. The van der Waals surface area contributed by atoms with Gasteiger partial charge >= 0.3 is 0 Å². The summed E-state index contributed by atoms with van der Waals surface area (Å²) in [5.41, 5.74) is 2.84. The van der Waals surface area contributed by atoms with Crippen molar-refractivity contribution >= 4 is 11.6 Å². The van der Waals surface area contributed by atoms with Crippen LogP contribution in [0.15, 0.2) is 60.7 Å². The third-order valence-corrected chi connectivity index (χ3v) is 6.44. The molecule has 24 heavy (non-hydrogen) atoms. The van der Waals surface area contributed by atoms with Crippen molar-refractivity contribution in [3.05, 3.63) is 71.8 Å². The number of unbranched alkanes of at least 4 members (excludes halogenated alkanes) is 3. The Labute approximate surface area is 152 Å². The Morgan fingerprint density at radius 1 is 0.792 bits per heavy atom. The summed E-state index contributed by atoms with van der Waals surface area (Å²) in [4.78, 5) is -0.142. The van der Waals surface area contributed by atoms with Crippen LogP contribution in [0.25, 0.3) is 0 Å². The lowest BCUT2D eigenvalue weighted by Crippen LogP contribution is -2.31. The summed E-state index contributed by atoms with van der Waals surface area (Å²) >= 11 is 7.45. The molecule has 1 aliphatic rings. The molecule has 0 aromatic heterocycles. The van der Waals surface area contributed by atoms with E-state index < -0.39 is 0 Å². The Bertz CT molecular complexity index is 557. The van der Waals surface area contributed by atoms with E-state index in [-0.39, 0.29) is 4.87 Å². The van der Waals surface area contributed by atoms with E-state index in [4.69, 9.17) is 11.6 Å². The molecule has 3 rings (SSSR count). The van der Waals surface area contributed by atoms with E-state index >= 15 is 0 Å². The van der Waals surface area contributed by atoms with Gasteiger partial charge in [-0.1, -0.05) is 93.3 Å². The molecule has 1 saturated carbocycles. The maximum atomic E-state index is 7.45. The maximum absolute atomic E-state index is 7.45. The second kappa shape index (κ2) is 8.21. The SMILES string of the molecule is CCCCCCC1(Cl)[C@@H](c2ccccc2)CC[C@H]1c1ccccc1. The van der Waals surface area contributed by atoms with Gasteiger partial charge in [-0.05, 0) is 30.4 Å². The average molecular weight is 341 g/mol. The molecule has 0 heterocycles. The molecule has 2 aromatic rings. The highest BCUT2D eigenvalue weighted by Gasteiger charge is 2.49. The molecule has 0 amide bonds. The molecule has 2 aromatic carbocycles. The Balaban J connectivity index is 1.86. The van der Waals surface area contributed by atoms with Gasteiger partial charge in [-0.25, -0.2) is 0 Å². The van der Waals surface area contributed by atoms with E-state index in [9.17, 15) is 0 Å². The molecule has 1 unspecified atom stereocenters. The van der Waals surface area contributed by atoms with Crippen LogP contribution in [0.5, 0.6) is 0 Å². The zero-order valence-corrected chi connectivity index (χ0v) is 15.5. The zero-order chi connectivity index (χ0) is 16.8. The van der Waals surface area contributed by atoms with Crippen molar-refractivity contribution in [1.82, 2.24) is 0 Å². The van der Waals surface area contributed by atoms with Crippen LogP contribution in [0.3, 0.4) is 0 Å². The van der Waals surface area contributed by atoms with Gasteiger partial charge in [-0.15, -0.1) is 11.6 Å². The van der Waals surface area contributed by atoms with Gasteiger partial charge in [0.2, 0.25) is 0 Å². The fraction of sp³-hybridized carbons (Fsp3) is 0.478. The molecular weight excluding hydrogens is 312 g/mol. The minimum Gasteiger partial charge on any atom is -0.118 e. The topological polar surface area (TPSA) is 0 Å². The predicted octanol–water partition coefficient (Wildman–Crippen LogP) is 7.30. The smallest absolute Gasteiger partial charge is 0.0583 e. The molecule has 0 N–H and O–H groups in total. The Morgan fingerprint density at radius 2 is 1.29 bits per heavy atom. The van der Waals surface area contributed by atoms with E-state index in [2.05, 4.69) is 67.6 Å². The Morgan fingerprint density at radius 3 is 1.75 bits per heavy atom. The van der Waals surface area contributed by atoms with Gasteiger partial charge in [0.1, 0.15) is 0 Å². The number of alkyl halides is 1. The number of benzene rings is 2. The first-order valence-electron chi connectivity index (χ1n) is 9.54. The fourth-order valence-corrected chi connectivity index (χ4v) is 5.09. The van der Waals surface area contributed by atoms with Crippen LogP contribution in [0.4, 0.5) is 0 Å². The maximum Gasteiger partial charge on any atom is 0.0583 e. The predicted molar refractivity (Wildman–Crippen MR) is 105 cm³/mol. The molecule has 0 spiro atoms.